The molecule has 1 aliphatic rings. The van der Waals surface area contributed by atoms with Crippen LogP contribution in [0.25, 0.3) is 11.2 Å². The number of hydrogen-bond donors (Lipinski definition) is 4. The van der Waals surface area contributed by atoms with Crippen LogP contribution in [0, 0.1) is 0 Å². The van der Waals surface area contributed by atoms with E-state index < -0.39 is 31.1 Å². The van der Waals surface area contributed by atoms with Crippen molar-refractivity contribution in [2.75, 3.05) is 26.0 Å². The van der Waals surface area contributed by atoms with E-state index in [4.69, 9.17) is 4.74 Å². The Balaban J connectivity index is 1.79. The van der Waals surface area contributed by atoms with Gasteiger partial charge in [-0.25, -0.2) is 9.98 Å². The zero-order valence-corrected chi connectivity index (χ0v) is 16.5. The summed E-state index contributed by atoms with van der Waals surface area (Å²) in [6.45, 7) is -0.421. The Bertz CT molecular complexity index is 1040. The molecule has 2 unspecified atom stereocenters. The van der Waals surface area contributed by atoms with Gasteiger partial charge in [-0.2, -0.15) is 9.97 Å². The van der Waals surface area contributed by atoms with Gasteiger partial charge < -0.3 is 30.3 Å². The monoisotopic (exact) mass is 413 g/mol. The first-order valence-electron chi connectivity index (χ1n) is 9.37. The summed E-state index contributed by atoms with van der Waals surface area (Å²) in [6.07, 6.45) is -1.31. The normalized spacial score (nSPS) is 24.0. The number of aliphatic hydroxyl groups excluding tert-OH is 3. The molecule has 0 saturated carbocycles. The minimum Gasteiger partial charge on any atom is -0.394 e. The molecule has 0 radical (unpaired) electrons. The smallest absolute Gasteiger partial charge is 0.231 e. The van der Waals surface area contributed by atoms with E-state index in [9.17, 15) is 15.3 Å². The number of imidazole rings is 1. The highest BCUT2D eigenvalue weighted by Gasteiger charge is 2.44. The quantitative estimate of drug-likeness (QED) is 0.334. The number of aliphatic hydroxyl groups is 3. The van der Waals surface area contributed by atoms with Crippen LogP contribution >= 0.6 is 0 Å². The van der Waals surface area contributed by atoms with E-state index in [1.807, 2.05) is 44.4 Å². The lowest BCUT2D eigenvalue weighted by Gasteiger charge is -2.17. The van der Waals surface area contributed by atoms with Crippen LogP contribution < -0.4 is 5.32 Å². The Morgan fingerprint density at radius 2 is 1.97 bits per heavy atom. The second-order valence-corrected chi connectivity index (χ2v) is 7.12. The summed E-state index contributed by atoms with van der Waals surface area (Å²) in [5.41, 5.74) is 1.56. The van der Waals surface area contributed by atoms with E-state index in [2.05, 4.69) is 25.3 Å². The highest BCUT2D eigenvalue weighted by atomic mass is 16.6. The first kappa shape index (κ1) is 20.2. The molecule has 1 saturated heterocycles. The number of ether oxygens (including phenoxy) is 1. The molecule has 3 aromatic rings. The fraction of sp³-hybridized carbons (Fsp3) is 0.368. The van der Waals surface area contributed by atoms with Gasteiger partial charge in [-0.05, 0) is 12.1 Å². The van der Waals surface area contributed by atoms with Crippen LogP contribution in [-0.4, -0.2) is 85.1 Å². The first-order chi connectivity index (χ1) is 14.5. The number of benzene rings is 1. The predicted octanol–water partition coefficient (Wildman–Crippen LogP) is 0.403. The molecule has 0 amide bonds. The van der Waals surface area contributed by atoms with Crippen LogP contribution in [0.4, 0.5) is 17.5 Å². The van der Waals surface area contributed by atoms with E-state index in [1.54, 1.807) is 11.2 Å². The molecule has 0 aliphatic carbocycles. The maximum atomic E-state index is 10.4. The van der Waals surface area contributed by atoms with Crippen LogP contribution in [-0.2, 0) is 4.74 Å². The van der Waals surface area contributed by atoms with Crippen LogP contribution in [0.3, 0.4) is 0 Å². The zero-order valence-electron chi connectivity index (χ0n) is 16.5. The molecule has 3 heterocycles. The van der Waals surface area contributed by atoms with Crippen LogP contribution in [0.1, 0.15) is 6.23 Å². The van der Waals surface area contributed by atoms with Gasteiger partial charge >= 0.3 is 0 Å². The molecule has 30 heavy (non-hydrogen) atoms. The third-order valence-corrected chi connectivity index (χ3v) is 4.64. The van der Waals surface area contributed by atoms with Crippen molar-refractivity contribution in [3.63, 3.8) is 0 Å². The summed E-state index contributed by atoms with van der Waals surface area (Å²) < 4.78 is 7.13. The number of nitrogens with zero attached hydrogens (tertiary/aromatic N) is 6. The summed E-state index contributed by atoms with van der Waals surface area (Å²) >= 11 is 0. The molecule has 4 N–H and O–H groups in total. The van der Waals surface area contributed by atoms with Gasteiger partial charge in [0, 0.05) is 19.8 Å². The van der Waals surface area contributed by atoms with Gasteiger partial charge in [0.1, 0.15) is 18.3 Å². The predicted molar refractivity (Wildman–Crippen MR) is 110 cm³/mol. The van der Waals surface area contributed by atoms with Crippen LogP contribution in [0.5, 0.6) is 0 Å². The lowest BCUT2D eigenvalue weighted by molar-refractivity contribution is -0.0511. The van der Waals surface area contributed by atoms with Gasteiger partial charge in [0.2, 0.25) is 5.95 Å². The molecular weight excluding hydrogens is 390 g/mol. The molecule has 4 rings (SSSR count). The average molecular weight is 413 g/mol. The van der Waals surface area contributed by atoms with Crippen LogP contribution in [0.2, 0.25) is 0 Å². The second kappa shape index (κ2) is 8.32. The highest BCUT2D eigenvalue weighted by Crippen LogP contribution is 2.33. The van der Waals surface area contributed by atoms with E-state index in [0.717, 1.165) is 5.69 Å². The van der Waals surface area contributed by atoms with Crippen LogP contribution in [0.15, 0.2) is 41.7 Å². The standard InChI is InChI=1S/C19H23N7O4/c1-25(2)9-21-16-13-17(24-19(23-16)22-11-6-4-3-5-7-11)26(10-20-13)18-15(29)14(28)12(8-27)30-18/h3-7,9-10,12,14-15,18,27-29H,8H2,1-2H3,(H,22,23,24)/t12-,14?,15?,18-/m1/s1. The zero-order chi connectivity index (χ0) is 21.3. The van der Waals surface area contributed by atoms with Gasteiger partial charge in [-0.15, -0.1) is 0 Å². The summed E-state index contributed by atoms with van der Waals surface area (Å²) in [5.74, 6) is 0.616. The van der Waals surface area contributed by atoms with Gasteiger partial charge in [-0.3, -0.25) is 4.57 Å². The van der Waals surface area contributed by atoms with E-state index in [1.165, 1.54) is 10.9 Å². The summed E-state index contributed by atoms with van der Waals surface area (Å²) in [5, 5.41) is 33.0. The Morgan fingerprint density at radius 3 is 2.63 bits per heavy atom. The highest BCUT2D eigenvalue weighted by molar-refractivity contribution is 5.85. The Hall–Kier alpha value is -3.12. The largest absolute Gasteiger partial charge is 0.394 e. The molecule has 1 aliphatic heterocycles. The third-order valence-electron chi connectivity index (χ3n) is 4.64. The topological polar surface area (TPSA) is 141 Å². The molecular formula is C19H23N7O4. The number of anilines is 2. The van der Waals surface area contributed by atoms with Crippen molar-refractivity contribution in [1.29, 1.82) is 0 Å². The van der Waals surface area contributed by atoms with Crippen molar-refractivity contribution in [2.45, 2.75) is 24.5 Å². The molecule has 1 aromatic carbocycles. The van der Waals surface area contributed by atoms with Crippen molar-refractivity contribution in [3.8, 4) is 0 Å². The average Bonchev–Trinajstić information content (AvgIpc) is 3.28. The van der Waals surface area contributed by atoms with E-state index in [-0.39, 0.29) is 5.95 Å². The Kier molecular flexibility index (Phi) is 5.59. The summed E-state index contributed by atoms with van der Waals surface area (Å²) in [6, 6.07) is 9.42. The maximum Gasteiger partial charge on any atom is 0.231 e. The molecule has 11 nitrogen and oxygen atoms in total. The molecule has 4 atom stereocenters. The van der Waals surface area contributed by atoms with Gasteiger partial charge in [-0.1, -0.05) is 18.2 Å². The van der Waals surface area contributed by atoms with Crippen molar-refractivity contribution < 1.29 is 20.1 Å². The SMILES string of the molecule is CN(C)C=Nc1nc(Nc2ccccc2)nc2c1ncn2[C@@H]1O[C@H](CO)C(O)C1O. The minimum atomic E-state index is -1.26. The minimum absolute atomic E-state index is 0.285. The van der Waals surface area contributed by atoms with Gasteiger partial charge in [0.15, 0.2) is 23.2 Å². The molecule has 158 valence electrons. The summed E-state index contributed by atoms with van der Waals surface area (Å²) in [7, 11) is 3.67. The van der Waals surface area contributed by atoms with Gasteiger partial charge in [0.25, 0.3) is 0 Å². The van der Waals surface area contributed by atoms with E-state index in [0.29, 0.717) is 17.0 Å². The lowest BCUT2D eigenvalue weighted by atomic mass is 10.1. The second-order valence-electron chi connectivity index (χ2n) is 7.12. The van der Waals surface area contributed by atoms with Crippen molar-refractivity contribution in [3.05, 3.63) is 36.7 Å². The molecule has 0 bridgehead atoms. The Morgan fingerprint density at radius 1 is 1.20 bits per heavy atom. The first-order valence-corrected chi connectivity index (χ1v) is 9.37. The third kappa shape index (κ3) is 3.83. The van der Waals surface area contributed by atoms with Gasteiger partial charge in [0.05, 0.1) is 19.3 Å². The molecule has 1 fully saturated rings. The number of aromatic nitrogens is 4. The number of rotatable bonds is 6. The molecule has 11 heteroatoms. The maximum absolute atomic E-state index is 10.4. The number of fused-ring (bicyclic) bond motifs is 1. The summed E-state index contributed by atoms with van der Waals surface area (Å²) in [4.78, 5) is 19.5. The van der Waals surface area contributed by atoms with Crippen molar-refractivity contribution in [2.24, 2.45) is 4.99 Å². The lowest BCUT2D eigenvalue weighted by Crippen LogP contribution is -2.33. The molecule has 0 spiro atoms. The van der Waals surface area contributed by atoms with Crippen molar-refractivity contribution in [1.82, 2.24) is 24.4 Å². The fourth-order valence-corrected chi connectivity index (χ4v) is 3.16. The number of nitrogens with one attached hydrogen (secondary N) is 1. The number of aliphatic imine (C=N–C) groups is 1. The van der Waals surface area contributed by atoms with Crippen molar-refractivity contribution >= 4 is 35.0 Å². The Labute approximate surface area is 172 Å². The van der Waals surface area contributed by atoms with E-state index >= 15 is 0 Å². The number of hydrogen-bond acceptors (Lipinski definition) is 9. The molecule has 2 aromatic heterocycles. The fourth-order valence-electron chi connectivity index (χ4n) is 3.16. The number of para-hydroxylation sites is 1.